The minimum Gasteiger partial charge on any atom is -0.493 e. The van der Waals surface area contributed by atoms with Crippen LogP contribution in [0.1, 0.15) is 18.7 Å². The number of nitrogens with two attached hydrogens (primary N) is 1. The van der Waals surface area contributed by atoms with Gasteiger partial charge in [-0.15, -0.1) is 10.2 Å². The molecular formula is C14H19N5O3. The summed E-state index contributed by atoms with van der Waals surface area (Å²) in [6.45, 7) is 1.82. The number of aromatic nitrogens is 3. The summed E-state index contributed by atoms with van der Waals surface area (Å²) in [6.07, 6.45) is 1.58. The first kappa shape index (κ1) is 15.8. The summed E-state index contributed by atoms with van der Waals surface area (Å²) in [5.41, 5.74) is 7.02. The maximum Gasteiger partial charge on any atom is 0.247 e. The van der Waals surface area contributed by atoms with Gasteiger partial charge in [-0.2, -0.15) is 0 Å². The molecule has 0 saturated carbocycles. The van der Waals surface area contributed by atoms with E-state index in [4.69, 9.17) is 19.9 Å². The van der Waals surface area contributed by atoms with E-state index in [2.05, 4.69) is 20.5 Å². The van der Waals surface area contributed by atoms with Gasteiger partial charge >= 0.3 is 0 Å². The van der Waals surface area contributed by atoms with Crippen molar-refractivity contribution >= 4 is 11.6 Å². The highest BCUT2D eigenvalue weighted by atomic mass is 16.5. The molecule has 1 atom stereocenters. The molecule has 0 saturated heterocycles. The zero-order valence-electron chi connectivity index (χ0n) is 13.0. The molecule has 1 heterocycles. The van der Waals surface area contributed by atoms with Gasteiger partial charge < -0.3 is 25.3 Å². The first-order valence-electron chi connectivity index (χ1n) is 6.61. The van der Waals surface area contributed by atoms with E-state index in [0.29, 0.717) is 34.6 Å². The third-order valence-electron chi connectivity index (χ3n) is 2.97. The molecule has 0 bridgehead atoms. The van der Waals surface area contributed by atoms with E-state index >= 15 is 0 Å². The molecule has 8 heteroatoms. The lowest BCUT2D eigenvalue weighted by Gasteiger charge is -2.14. The van der Waals surface area contributed by atoms with Gasteiger partial charge in [0.05, 0.1) is 33.2 Å². The summed E-state index contributed by atoms with van der Waals surface area (Å²) in [5, 5.41) is 11.0. The zero-order chi connectivity index (χ0) is 16.1. The van der Waals surface area contributed by atoms with E-state index in [-0.39, 0.29) is 6.04 Å². The van der Waals surface area contributed by atoms with Crippen LogP contribution in [0.15, 0.2) is 18.3 Å². The summed E-state index contributed by atoms with van der Waals surface area (Å²) >= 11 is 0. The number of methoxy groups -OCH3 is 3. The Hall–Kier alpha value is -2.61. The van der Waals surface area contributed by atoms with Crippen LogP contribution in [0.4, 0.5) is 11.6 Å². The number of anilines is 2. The number of rotatable bonds is 6. The van der Waals surface area contributed by atoms with Crippen LogP contribution in [-0.4, -0.2) is 36.5 Å². The van der Waals surface area contributed by atoms with Crippen LogP contribution in [0.5, 0.6) is 17.2 Å². The van der Waals surface area contributed by atoms with Crippen molar-refractivity contribution in [3.63, 3.8) is 0 Å². The van der Waals surface area contributed by atoms with E-state index in [1.165, 1.54) is 0 Å². The Bertz CT molecular complexity index is 606. The number of hydrogen-bond acceptors (Lipinski definition) is 8. The second-order valence-corrected chi connectivity index (χ2v) is 4.53. The normalized spacial score (nSPS) is 11.7. The number of nitrogens with zero attached hydrogens (tertiary/aromatic N) is 3. The highest BCUT2D eigenvalue weighted by Gasteiger charge is 2.14. The van der Waals surface area contributed by atoms with Gasteiger partial charge in [0.2, 0.25) is 11.7 Å². The van der Waals surface area contributed by atoms with Crippen LogP contribution >= 0.6 is 0 Å². The van der Waals surface area contributed by atoms with Gasteiger partial charge in [0.15, 0.2) is 11.5 Å². The van der Waals surface area contributed by atoms with E-state index < -0.39 is 0 Å². The lowest BCUT2D eigenvalue weighted by atomic mass is 10.2. The predicted octanol–water partition coefficient (Wildman–Crippen LogP) is 1.66. The molecule has 3 N–H and O–H groups in total. The number of benzene rings is 1. The van der Waals surface area contributed by atoms with Crippen molar-refractivity contribution < 1.29 is 14.2 Å². The van der Waals surface area contributed by atoms with Crippen molar-refractivity contribution in [1.82, 2.24) is 15.2 Å². The third-order valence-corrected chi connectivity index (χ3v) is 2.97. The molecule has 8 nitrogen and oxygen atoms in total. The average Bonchev–Trinajstić information content (AvgIpc) is 2.54. The maximum absolute atomic E-state index is 5.71. The average molecular weight is 305 g/mol. The van der Waals surface area contributed by atoms with Gasteiger partial charge in [0.25, 0.3) is 0 Å². The molecule has 22 heavy (non-hydrogen) atoms. The molecule has 0 aliphatic heterocycles. The van der Waals surface area contributed by atoms with Gasteiger partial charge in [0.1, 0.15) is 0 Å². The molecule has 0 aliphatic carbocycles. The second kappa shape index (κ2) is 6.90. The number of nitrogens with one attached hydrogen (secondary N) is 1. The Morgan fingerprint density at radius 3 is 2.09 bits per heavy atom. The zero-order valence-corrected chi connectivity index (χ0v) is 13.0. The van der Waals surface area contributed by atoms with Crippen LogP contribution in [0.25, 0.3) is 0 Å². The lowest BCUT2D eigenvalue weighted by molar-refractivity contribution is 0.324. The van der Waals surface area contributed by atoms with Crippen LogP contribution in [0.2, 0.25) is 0 Å². The van der Waals surface area contributed by atoms with Crippen LogP contribution < -0.4 is 25.3 Å². The fourth-order valence-corrected chi connectivity index (χ4v) is 1.83. The Morgan fingerprint density at radius 1 is 1.05 bits per heavy atom. The Morgan fingerprint density at radius 2 is 1.68 bits per heavy atom. The molecule has 0 spiro atoms. The van der Waals surface area contributed by atoms with Crippen LogP contribution in [0, 0.1) is 0 Å². The van der Waals surface area contributed by atoms with E-state index in [1.807, 2.05) is 6.92 Å². The first-order chi connectivity index (χ1) is 10.6. The molecule has 0 radical (unpaired) electrons. The molecule has 2 aromatic rings. The minimum absolute atomic E-state index is 0.213. The summed E-state index contributed by atoms with van der Waals surface area (Å²) in [5.74, 6) is 1.93. The number of ether oxygens (including phenoxy) is 3. The quantitative estimate of drug-likeness (QED) is 0.830. The van der Waals surface area contributed by atoms with Gasteiger partial charge in [-0.3, -0.25) is 0 Å². The Balaban J connectivity index is 2.29. The highest BCUT2D eigenvalue weighted by Crippen LogP contribution is 2.40. The molecule has 118 valence electrons. The highest BCUT2D eigenvalue weighted by molar-refractivity contribution is 5.65. The second-order valence-electron chi connectivity index (χ2n) is 4.53. The van der Waals surface area contributed by atoms with E-state index in [9.17, 15) is 0 Å². The maximum atomic E-state index is 5.71. The molecule has 0 aliphatic rings. The van der Waals surface area contributed by atoms with Crippen LogP contribution in [-0.2, 0) is 0 Å². The van der Waals surface area contributed by atoms with Gasteiger partial charge in [-0.1, -0.05) is 0 Å². The lowest BCUT2D eigenvalue weighted by Crippen LogP contribution is -2.10. The van der Waals surface area contributed by atoms with Crippen molar-refractivity contribution in [2.75, 3.05) is 26.6 Å². The van der Waals surface area contributed by atoms with Gasteiger partial charge in [0, 0.05) is 23.9 Å². The molecule has 1 aromatic heterocycles. The SMILES string of the molecule is COc1cc(Nc2ncc([C@H](C)N)nn2)cc(OC)c1OC. The van der Waals surface area contributed by atoms with Gasteiger partial charge in [-0.05, 0) is 6.92 Å². The summed E-state index contributed by atoms with van der Waals surface area (Å²) in [7, 11) is 4.65. The summed E-state index contributed by atoms with van der Waals surface area (Å²) in [6, 6.07) is 3.30. The van der Waals surface area contributed by atoms with Gasteiger partial charge in [-0.25, -0.2) is 4.98 Å². The van der Waals surface area contributed by atoms with Crippen LogP contribution in [0.3, 0.4) is 0 Å². The summed E-state index contributed by atoms with van der Waals surface area (Å²) < 4.78 is 15.8. The van der Waals surface area contributed by atoms with Crippen molar-refractivity contribution in [3.8, 4) is 17.2 Å². The standard InChI is InChI=1S/C14H19N5O3/c1-8(15)10-7-16-14(19-18-10)17-9-5-11(20-2)13(22-4)12(6-9)21-3/h5-8H,15H2,1-4H3,(H,16,17,19)/t8-/m0/s1. The van der Waals surface area contributed by atoms with Crippen molar-refractivity contribution in [3.05, 3.63) is 24.0 Å². The largest absolute Gasteiger partial charge is 0.493 e. The molecule has 2 rings (SSSR count). The van der Waals surface area contributed by atoms with Crippen molar-refractivity contribution in [2.24, 2.45) is 5.73 Å². The van der Waals surface area contributed by atoms with E-state index in [1.54, 1.807) is 39.7 Å². The molecular weight excluding hydrogens is 286 g/mol. The molecule has 0 fully saturated rings. The predicted molar refractivity (Wildman–Crippen MR) is 81.8 cm³/mol. The van der Waals surface area contributed by atoms with Crippen molar-refractivity contribution in [1.29, 1.82) is 0 Å². The topological polar surface area (TPSA) is 104 Å². The van der Waals surface area contributed by atoms with E-state index in [0.717, 1.165) is 0 Å². The Labute approximate surface area is 128 Å². The fourth-order valence-electron chi connectivity index (χ4n) is 1.83. The Kier molecular flexibility index (Phi) is 4.95. The smallest absolute Gasteiger partial charge is 0.247 e. The fraction of sp³-hybridized carbons (Fsp3) is 0.357. The first-order valence-corrected chi connectivity index (χ1v) is 6.61. The van der Waals surface area contributed by atoms with Crippen molar-refractivity contribution in [2.45, 2.75) is 13.0 Å². The monoisotopic (exact) mass is 305 g/mol. The molecule has 1 aromatic carbocycles. The third kappa shape index (κ3) is 3.34. The minimum atomic E-state index is -0.213. The number of hydrogen-bond donors (Lipinski definition) is 2. The molecule has 0 unspecified atom stereocenters. The summed E-state index contributed by atoms with van der Waals surface area (Å²) in [4.78, 5) is 4.17. The molecule has 0 amide bonds.